The topological polar surface area (TPSA) is 233 Å². The lowest BCUT2D eigenvalue weighted by Crippen LogP contribution is -2.61. The van der Waals surface area contributed by atoms with Gasteiger partial charge in [0.25, 0.3) is 0 Å². The van der Waals surface area contributed by atoms with E-state index in [4.69, 9.17) is 37.6 Å². The Bertz CT molecular complexity index is 1620. The van der Waals surface area contributed by atoms with Crippen molar-refractivity contribution in [3.63, 3.8) is 0 Å². The van der Waals surface area contributed by atoms with E-state index in [1.165, 1.54) is 33.3 Å². The minimum Gasteiger partial charge on any atom is -0.497 e. The van der Waals surface area contributed by atoms with Gasteiger partial charge in [-0.25, -0.2) is 0 Å². The summed E-state index contributed by atoms with van der Waals surface area (Å²) in [5.74, 6) is -0.906. The molecule has 0 spiro atoms. The van der Waals surface area contributed by atoms with Crippen LogP contribution in [0.5, 0.6) is 23.0 Å². The zero-order valence-corrected chi connectivity index (χ0v) is 25.7. The molecule has 47 heavy (non-hydrogen) atoms. The van der Waals surface area contributed by atoms with E-state index in [1.54, 1.807) is 24.3 Å². The van der Waals surface area contributed by atoms with Crippen molar-refractivity contribution in [3.05, 3.63) is 46.6 Å². The molecule has 2 saturated heterocycles. The number of aliphatic hydroxyl groups excluding tert-OH is 6. The number of carbonyl (C=O) groups is 1. The van der Waals surface area contributed by atoms with Crippen molar-refractivity contribution in [2.45, 2.75) is 75.3 Å². The molecule has 1 aromatic heterocycles. The SMILES string of the molecule is COc1ccc(-c2cc(=O)c3c(OC(C)=O)c(OC)c(OC4OC(COC5OC(C)C(O)C(O)C5O)C(O)C(O)C4O)cc3o2)cc1. The number of esters is 1. The standard InChI is InChI=1S/C31H36O16/c1-12-22(34)24(36)26(38)30(43-12)42-11-20-23(35)25(37)27(39)31(47-20)46-19-10-18-21(29(28(19)41-4)44-13(2)32)16(33)9-17(45-18)14-5-7-15(40-3)8-6-14/h5-10,12,20,22-27,30-31,34-39H,11H2,1-4H3. The van der Waals surface area contributed by atoms with E-state index in [0.29, 0.717) is 11.3 Å². The Morgan fingerprint density at radius 2 is 1.47 bits per heavy atom. The van der Waals surface area contributed by atoms with Gasteiger partial charge in [0.2, 0.25) is 12.0 Å². The Morgan fingerprint density at radius 3 is 2.11 bits per heavy atom. The maximum Gasteiger partial charge on any atom is 0.308 e. The largest absolute Gasteiger partial charge is 0.497 e. The molecule has 5 rings (SSSR count). The van der Waals surface area contributed by atoms with Crippen molar-refractivity contribution < 1.29 is 73.0 Å². The molecule has 256 valence electrons. The summed E-state index contributed by atoms with van der Waals surface area (Å²) < 4.78 is 44.5. The first kappa shape index (κ1) is 34.5. The minimum absolute atomic E-state index is 0.0977. The van der Waals surface area contributed by atoms with Crippen LogP contribution in [0.4, 0.5) is 0 Å². The molecule has 10 unspecified atom stereocenters. The van der Waals surface area contributed by atoms with E-state index in [0.717, 1.165) is 6.92 Å². The molecule has 0 radical (unpaired) electrons. The Hall–Kier alpha value is -3.84. The molecule has 16 nitrogen and oxygen atoms in total. The summed E-state index contributed by atoms with van der Waals surface area (Å²) in [6.07, 6.45) is -15.4. The summed E-state index contributed by atoms with van der Waals surface area (Å²) >= 11 is 0. The van der Waals surface area contributed by atoms with Crippen molar-refractivity contribution in [2.75, 3.05) is 20.8 Å². The maximum absolute atomic E-state index is 13.4. The van der Waals surface area contributed by atoms with Gasteiger partial charge in [0.15, 0.2) is 23.2 Å². The summed E-state index contributed by atoms with van der Waals surface area (Å²) in [6, 6.07) is 9.12. The lowest BCUT2D eigenvalue weighted by molar-refractivity contribution is -0.318. The van der Waals surface area contributed by atoms with Crippen molar-refractivity contribution in [2.24, 2.45) is 0 Å². The van der Waals surface area contributed by atoms with Gasteiger partial charge in [-0.2, -0.15) is 0 Å². The second-order valence-corrected chi connectivity index (χ2v) is 11.1. The van der Waals surface area contributed by atoms with Crippen LogP contribution in [0.25, 0.3) is 22.3 Å². The summed E-state index contributed by atoms with van der Waals surface area (Å²) in [4.78, 5) is 25.4. The minimum atomic E-state index is -1.84. The number of fused-ring (bicyclic) bond motifs is 1. The molecule has 2 aromatic carbocycles. The van der Waals surface area contributed by atoms with Gasteiger partial charge in [0.05, 0.1) is 26.9 Å². The molecule has 0 amide bonds. The predicted molar refractivity (Wildman–Crippen MR) is 158 cm³/mol. The molecule has 2 aliphatic rings. The van der Waals surface area contributed by atoms with Gasteiger partial charge < -0.3 is 68.2 Å². The monoisotopic (exact) mass is 664 g/mol. The normalized spacial score (nSPS) is 30.9. The molecular formula is C31H36O16. The number of ether oxygens (including phenoxy) is 7. The van der Waals surface area contributed by atoms with Crippen LogP contribution in [0.3, 0.4) is 0 Å². The van der Waals surface area contributed by atoms with E-state index in [9.17, 15) is 40.2 Å². The number of hydrogen-bond donors (Lipinski definition) is 6. The van der Waals surface area contributed by atoms with Crippen LogP contribution in [0.2, 0.25) is 0 Å². The summed E-state index contributed by atoms with van der Waals surface area (Å²) in [7, 11) is 2.72. The molecule has 0 bridgehead atoms. The van der Waals surface area contributed by atoms with Crippen molar-refractivity contribution >= 4 is 16.9 Å². The molecular weight excluding hydrogens is 628 g/mol. The lowest BCUT2D eigenvalue weighted by atomic mass is 9.98. The zero-order chi connectivity index (χ0) is 34.2. The van der Waals surface area contributed by atoms with E-state index < -0.39 is 79.4 Å². The van der Waals surface area contributed by atoms with Gasteiger partial charge in [-0.15, -0.1) is 0 Å². The van der Waals surface area contributed by atoms with Gasteiger partial charge in [0, 0.05) is 24.6 Å². The van der Waals surface area contributed by atoms with Crippen LogP contribution in [-0.2, 0) is 19.0 Å². The highest BCUT2D eigenvalue weighted by molar-refractivity contribution is 5.92. The average molecular weight is 665 g/mol. The number of hydrogen-bond acceptors (Lipinski definition) is 16. The van der Waals surface area contributed by atoms with Gasteiger partial charge in [-0.3, -0.25) is 9.59 Å². The maximum atomic E-state index is 13.4. The number of methoxy groups -OCH3 is 2. The quantitative estimate of drug-likeness (QED) is 0.124. The number of benzene rings is 2. The second-order valence-electron chi connectivity index (χ2n) is 11.1. The van der Waals surface area contributed by atoms with Gasteiger partial charge in [0.1, 0.15) is 65.2 Å². The van der Waals surface area contributed by atoms with Crippen LogP contribution < -0.4 is 24.4 Å². The first-order valence-corrected chi connectivity index (χ1v) is 14.5. The Morgan fingerprint density at radius 1 is 0.809 bits per heavy atom. The van der Waals surface area contributed by atoms with Crippen molar-refractivity contribution in [1.29, 1.82) is 0 Å². The number of carbonyl (C=O) groups excluding carboxylic acids is 1. The van der Waals surface area contributed by atoms with Gasteiger partial charge >= 0.3 is 5.97 Å². The fourth-order valence-electron chi connectivity index (χ4n) is 5.28. The first-order valence-electron chi connectivity index (χ1n) is 14.5. The highest BCUT2D eigenvalue weighted by Crippen LogP contribution is 2.44. The van der Waals surface area contributed by atoms with E-state index in [-0.39, 0.29) is 34.0 Å². The fraction of sp³-hybridized carbons (Fsp3) is 0.484. The van der Waals surface area contributed by atoms with E-state index in [1.807, 2.05) is 0 Å². The van der Waals surface area contributed by atoms with Crippen LogP contribution in [0, 0.1) is 0 Å². The van der Waals surface area contributed by atoms with Crippen molar-refractivity contribution in [1.82, 2.24) is 0 Å². The van der Waals surface area contributed by atoms with E-state index >= 15 is 0 Å². The molecule has 16 heteroatoms. The smallest absolute Gasteiger partial charge is 0.308 e. The average Bonchev–Trinajstić information content (AvgIpc) is 3.05. The second kappa shape index (κ2) is 14.1. The van der Waals surface area contributed by atoms with Gasteiger partial charge in [-0.1, -0.05) is 0 Å². The van der Waals surface area contributed by atoms with Crippen LogP contribution in [0.1, 0.15) is 13.8 Å². The van der Waals surface area contributed by atoms with Crippen LogP contribution >= 0.6 is 0 Å². The van der Waals surface area contributed by atoms with Crippen LogP contribution in [0.15, 0.2) is 45.6 Å². The number of aliphatic hydroxyl groups is 6. The molecule has 0 saturated carbocycles. The molecule has 0 aliphatic carbocycles. The van der Waals surface area contributed by atoms with Gasteiger partial charge in [-0.05, 0) is 31.2 Å². The third-order valence-electron chi connectivity index (χ3n) is 7.86. The molecule has 2 aliphatic heterocycles. The Kier molecular flexibility index (Phi) is 10.4. The first-order chi connectivity index (χ1) is 22.3. The highest BCUT2D eigenvalue weighted by Gasteiger charge is 2.47. The van der Waals surface area contributed by atoms with Crippen molar-refractivity contribution in [3.8, 4) is 34.3 Å². The summed E-state index contributed by atoms with van der Waals surface area (Å²) in [5.41, 5.74) is -0.159. The lowest BCUT2D eigenvalue weighted by Gasteiger charge is -2.42. The predicted octanol–water partition coefficient (Wildman–Crippen LogP) is -0.567. The molecule has 3 heterocycles. The molecule has 6 N–H and O–H groups in total. The highest BCUT2D eigenvalue weighted by atomic mass is 16.7. The Balaban J connectivity index is 1.47. The Labute approximate surface area is 267 Å². The van der Waals surface area contributed by atoms with Crippen LogP contribution in [-0.4, -0.2) is 119 Å². The summed E-state index contributed by atoms with van der Waals surface area (Å²) in [5, 5.41) is 62.1. The van der Waals surface area contributed by atoms with E-state index in [2.05, 4.69) is 0 Å². The molecule has 2 fully saturated rings. The zero-order valence-electron chi connectivity index (χ0n) is 25.7. The third-order valence-corrected chi connectivity index (χ3v) is 7.86. The molecule has 10 atom stereocenters. The number of rotatable bonds is 9. The third kappa shape index (κ3) is 6.92. The summed E-state index contributed by atoms with van der Waals surface area (Å²) in [6.45, 7) is 2.03. The molecule has 3 aromatic rings. The fourth-order valence-corrected chi connectivity index (χ4v) is 5.28.